The maximum Gasteiger partial charge on any atom is 0.237 e. The van der Waals surface area contributed by atoms with Gasteiger partial charge in [-0.15, -0.1) is 24.8 Å². The van der Waals surface area contributed by atoms with Crippen molar-refractivity contribution < 1.29 is 9.18 Å². The Morgan fingerprint density at radius 3 is 2.57 bits per heavy atom. The molecule has 30 heavy (non-hydrogen) atoms. The molecular weight excluding hydrogens is 424 g/mol. The number of nitrogens with zero attached hydrogens (tertiary/aromatic N) is 2. The van der Waals surface area contributed by atoms with Gasteiger partial charge in [-0.25, -0.2) is 4.39 Å². The van der Waals surface area contributed by atoms with Crippen LogP contribution < -0.4 is 5.32 Å². The van der Waals surface area contributed by atoms with Crippen molar-refractivity contribution in [3.05, 3.63) is 71.0 Å². The van der Waals surface area contributed by atoms with Gasteiger partial charge in [-0.3, -0.25) is 9.69 Å². The predicted molar refractivity (Wildman–Crippen MR) is 123 cm³/mol. The lowest BCUT2D eigenvalue weighted by molar-refractivity contribution is -0.133. The zero-order chi connectivity index (χ0) is 19.7. The molecule has 1 N–H and O–H groups in total. The highest BCUT2D eigenvalue weighted by atomic mass is 35.5. The van der Waals surface area contributed by atoms with Gasteiger partial charge in [-0.05, 0) is 37.1 Å². The molecule has 164 valence electrons. The zero-order valence-electron chi connectivity index (χ0n) is 17.4. The van der Waals surface area contributed by atoms with Crippen LogP contribution in [0.5, 0.6) is 0 Å². The summed E-state index contributed by atoms with van der Waals surface area (Å²) in [5.41, 5.74) is 3.11. The summed E-state index contributed by atoms with van der Waals surface area (Å²) in [4.78, 5) is 17.2. The number of carbonyl (C=O) groups is 1. The fourth-order valence-electron chi connectivity index (χ4n) is 4.79. The number of benzene rings is 2. The molecule has 0 unspecified atom stereocenters. The van der Waals surface area contributed by atoms with Gasteiger partial charge in [0.25, 0.3) is 0 Å². The first kappa shape index (κ1) is 24.6. The topological polar surface area (TPSA) is 35.6 Å². The molecule has 4 nitrogen and oxygen atoms in total. The summed E-state index contributed by atoms with van der Waals surface area (Å²) in [5, 5.41) is 3.49. The smallest absolute Gasteiger partial charge is 0.237 e. The van der Waals surface area contributed by atoms with Gasteiger partial charge in [0.05, 0.1) is 12.6 Å². The van der Waals surface area contributed by atoms with Crippen molar-refractivity contribution in [1.82, 2.24) is 15.1 Å². The van der Waals surface area contributed by atoms with Gasteiger partial charge in [0.2, 0.25) is 5.91 Å². The number of hydrogen-bond donors (Lipinski definition) is 1. The second kappa shape index (κ2) is 10.6. The minimum absolute atomic E-state index is 0. The van der Waals surface area contributed by atoms with Crippen LogP contribution in [0, 0.1) is 24.6 Å². The molecule has 2 aromatic rings. The van der Waals surface area contributed by atoms with Gasteiger partial charge in [0, 0.05) is 37.7 Å². The Balaban J connectivity index is 0.00000160. The monoisotopic (exact) mass is 453 g/mol. The second-order valence-electron chi connectivity index (χ2n) is 8.19. The summed E-state index contributed by atoms with van der Waals surface area (Å²) >= 11 is 0. The normalized spacial score (nSPS) is 22.4. The van der Waals surface area contributed by atoms with Crippen molar-refractivity contribution in [3.8, 4) is 0 Å². The number of likely N-dealkylation sites (tertiary alicyclic amines) is 1. The van der Waals surface area contributed by atoms with E-state index in [-0.39, 0.29) is 42.6 Å². The molecule has 0 spiro atoms. The molecule has 3 atom stereocenters. The fourth-order valence-corrected chi connectivity index (χ4v) is 4.79. The molecule has 2 aromatic carbocycles. The van der Waals surface area contributed by atoms with Gasteiger partial charge in [-0.2, -0.15) is 0 Å². The van der Waals surface area contributed by atoms with Gasteiger partial charge in [0.1, 0.15) is 5.82 Å². The molecule has 1 amide bonds. The molecule has 2 saturated heterocycles. The van der Waals surface area contributed by atoms with E-state index >= 15 is 0 Å². The molecular formula is C23H30Cl2FN3O. The predicted octanol–water partition coefficient (Wildman–Crippen LogP) is 3.83. The van der Waals surface area contributed by atoms with E-state index < -0.39 is 0 Å². The van der Waals surface area contributed by atoms with Crippen LogP contribution in [-0.4, -0.2) is 48.9 Å². The molecule has 0 aromatic heterocycles. The van der Waals surface area contributed by atoms with E-state index in [9.17, 15) is 9.18 Å². The van der Waals surface area contributed by atoms with Gasteiger partial charge >= 0.3 is 0 Å². The second-order valence-corrected chi connectivity index (χ2v) is 8.19. The van der Waals surface area contributed by atoms with E-state index in [0.717, 1.165) is 19.6 Å². The molecule has 0 bridgehead atoms. The van der Waals surface area contributed by atoms with Crippen LogP contribution in [0.25, 0.3) is 0 Å². The van der Waals surface area contributed by atoms with Crippen LogP contribution in [0.1, 0.15) is 22.7 Å². The van der Waals surface area contributed by atoms with Crippen molar-refractivity contribution in [1.29, 1.82) is 0 Å². The van der Waals surface area contributed by atoms with Crippen LogP contribution in [0.4, 0.5) is 4.39 Å². The third-order valence-corrected chi connectivity index (χ3v) is 6.20. The van der Waals surface area contributed by atoms with Crippen molar-refractivity contribution in [2.45, 2.75) is 19.5 Å². The summed E-state index contributed by atoms with van der Waals surface area (Å²) in [6.45, 7) is 5.57. The third-order valence-electron chi connectivity index (χ3n) is 6.20. The average molecular weight is 454 g/mol. The highest BCUT2D eigenvalue weighted by Crippen LogP contribution is 2.43. The molecule has 2 aliphatic heterocycles. The molecule has 2 aliphatic rings. The van der Waals surface area contributed by atoms with Gasteiger partial charge in [-0.1, -0.05) is 42.5 Å². The number of amides is 1. The highest BCUT2D eigenvalue weighted by molar-refractivity contribution is 5.85. The third kappa shape index (κ3) is 4.97. The summed E-state index contributed by atoms with van der Waals surface area (Å²) in [5.74, 6) is 0.871. The Morgan fingerprint density at radius 2 is 1.83 bits per heavy atom. The number of nitrogens with one attached hydrogen (secondary N) is 1. The van der Waals surface area contributed by atoms with Gasteiger partial charge < -0.3 is 10.2 Å². The molecule has 0 radical (unpaired) electrons. The fraction of sp³-hybridized carbons (Fsp3) is 0.435. The SMILES string of the molecule is Cc1ccccc1[C@H]1[C@H]2CNC[C@H]2CN1C(=O)CN(C)Cc1ccccc1F.Cl.Cl. The standard InChI is InChI=1S/C23H28FN3O.2ClH/c1-16-7-3-5-9-19(16)23-20-12-25-11-18(20)14-27(23)22(28)15-26(2)13-17-8-4-6-10-21(17)24;;/h3-10,18,20,23,25H,11-15H2,1-2H3;2*1H/t18-,20-,23-;;/m0../s1. The Hall–Kier alpha value is -1.66. The lowest BCUT2D eigenvalue weighted by atomic mass is 9.87. The number of aryl methyl sites for hydroxylation is 1. The number of hydrogen-bond acceptors (Lipinski definition) is 3. The van der Waals surface area contributed by atoms with Crippen LogP contribution in [0.2, 0.25) is 0 Å². The van der Waals surface area contributed by atoms with Crippen molar-refractivity contribution in [2.24, 2.45) is 11.8 Å². The lowest BCUT2D eigenvalue weighted by Crippen LogP contribution is -2.40. The first-order valence-corrected chi connectivity index (χ1v) is 10.0. The maximum absolute atomic E-state index is 13.9. The largest absolute Gasteiger partial charge is 0.334 e. The van der Waals surface area contributed by atoms with Crippen molar-refractivity contribution in [3.63, 3.8) is 0 Å². The molecule has 2 fully saturated rings. The van der Waals surface area contributed by atoms with E-state index in [4.69, 9.17) is 0 Å². The molecule has 0 saturated carbocycles. The number of rotatable bonds is 5. The van der Waals surface area contributed by atoms with Gasteiger partial charge in [0.15, 0.2) is 0 Å². The summed E-state index contributed by atoms with van der Waals surface area (Å²) < 4.78 is 13.9. The van der Waals surface area contributed by atoms with E-state index in [0.29, 0.717) is 30.5 Å². The highest BCUT2D eigenvalue weighted by Gasteiger charge is 2.47. The minimum Gasteiger partial charge on any atom is -0.334 e. The molecule has 4 rings (SSSR count). The van der Waals surface area contributed by atoms with Crippen LogP contribution in [-0.2, 0) is 11.3 Å². The van der Waals surface area contributed by atoms with E-state index in [1.807, 2.05) is 24.1 Å². The van der Waals surface area contributed by atoms with E-state index in [2.05, 4.69) is 35.3 Å². The zero-order valence-corrected chi connectivity index (χ0v) is 19.0. The van der Waals surface area contributed by atoms with E-state index in [1.54, 1.807) is 12.1 Å². The quantitative estimate of drug-likeness (QED) is 0.746. The van der Waals surface area contributed by atoms with Crippen LogP contribution >= 0.6 is 24.8 Å². The molecule has 0 aliphatic carbocycles. The van der Waals surface area contributed by atoms with Crippen LogP contribution in [0.3, 0.4) is 0 Å². The number of halogens is 3. The number of carbonyl (C=O) groups excluding carboxylic acids is 1. The summed E-state index contributed by atoms with van der Waals surface area (Å²) in [6, 6.07) is 15.3. The first-order valence-electron chi connectivity index (χ1n) is 10.0. The van der Waals surface area contributed by atoms with Crippen molar-refractivity contribution >= 4 is 30.7 Å². The van der Waals surface area contributed by atoms with E-state index in [1.165, 1.54) is 17.2 Å². The first-order chi connectivity index (χ1) is 13.5. The van der Waals surface area contributed by atoms with Crippen LogP contribution in [0.15, 0.2) is 48.5 Å². The van der Waals surface area contributed by atoms with Crippen molar-refractivity contribution in [2.75, 3.05) is 33.2 Å². The number of likely N-dealkylation sites (N-methyl/N-ethyl adjacent to an activating group) is 1. The molecule has 7 heteroatoms. The summed E-state index contributed by atoms with van der Waals surface area (Å²) in [7, 11) is 1.88. The lowest BCUT2D eigenvalue weighted by Gasteiger charge is -2.31. The summed E-state index contributed by atoms with van der Waals surface area (Å²) in [6.07, 6.45) is 0. The Kier molecular flexibility index (Phi) is 8.68. The average Bonchev–Trinajstić information content (AvgIpc) is 3.25. The Labute approximate surface area is 190 Å². The Morgan fingerprint density at radius 1 is 1.13 bits per heavy atom. The maximum atomic E-state index is 13.9. The Bertz CT molecular complexity index is 866. The molecule has 2 heterocycles. The number of fused-ring (bicyclic) bond motifs is 1. The minimum atomic E-state index is -0.221.